The van der Waals surface area contributed by atoms with Crippen molar-refractivity contribution in [3.8, 4) is 0 Å². The minimum atomic E-state index is -0.360. The fraction of sp³-hybridized carbons (Fsp3) is 0.471. The highest BCUT2D eigenvalue weighted by Crippen LogP contribution is 2.42. The molecular weight excluding hydrogens is 308 g/mol. The summed E-state index contributed by atoms with van der Waals surface area (Å²) in [6.07, 6.45) is 4.60. The third-order valence-electron chi connectivity index (χ3n) is 5.24. The van der Waals surface area contributed by atoms with Crippen LogP contribution in [0.25, 0.3) is 0 Å². The molecule has 0 radical (unpaired) electrons. The number of nitro benzene ring substituents is 1. The van der Waals surface area contributed by atoms with Crippen LogP contribution in [0.2, 0.25) is 0 Å². The number of nitrogens with one attached hydrogen (secondary N) is 1. The summed E-state index contributed by atoms with van der Waals surface area (Å²) in [4.78, 5) is 20.8. The van der Waals surface area contributed by atoms with Gasteiger partial charge in [0.05, 0.1) is 22.5 Å². The first kappa shape index (κ1) is 15.3. The predicted octanol–water partition coefficient (Wildman–Crippen LogP) is 2.38. The number of aromatic amines is 1. The van der Waals surface area contributed by atoms with Crippen molar-refractivity contribution >= 4 is 5.69 Å². The van der Waals surface area contributed by atoms with E-state index in [1.807, 2.05) is 12.1 Å². The summed E-state index contributed by atoms with van der Waals surface area (Å²) >= 11 is 0. The first-order valence-corrected chi connectivity index (χ1v) is 8.28. The molecule has 126 valence electrons. The first-order valence-electron chi connectivity index (χ1n) is 8.28. The van der Waals surface area contributed by atoms with Crippen LogP contribution in [0.5, 0.6) is 0 Å². The number of hydrogen-bond donors (Lipinski definition) is 1. The second kappa shape index (κ2) is 5.99. The van der Waals surface area contributed by atoms with Crippen LogP contribution in [0.3, 0.4) is 0 Å². The molecule has 2 aliphatic heterocycles. The minimum Gasteiger partial charge on any atom is -0.381 e. The van der Waals surface area contributed by atoms with Crippen molar-refractivity contribution in [3.05, 3.63) is 57.7 Å². The molecule has 1 fully saturated rings. The predicted molar refractivity (Wildman–Crippen MR) is 87.5 cm³/mol. The minimum absolute atomic E-state index is 0.0897. The zero-order chi connectivity index (χ0) is 16.6. The Morgan fingerprint density at radius 3 is 2.75 bits per heavy atom. The Morgan fingerprint density at radius 1 is 1.29 bits per heavy atom. The molecule has 4 rings (SSSR count). The second-order valence-corrected chi connectivity index (χ2v) is 6.47. The highest BCUT2D eigenvalue weighted by molar-refractivity contribution is 5.33. The van der Waals surface area contributed by atoms with Crippen molar-refractivity contribution in [2.75, 3.05) is 19.8 Å². The molecule has 1 N–H and O–H groups in total. The fourth-order valence-corrected chi connectivity index (χ4v) is 3.96. The van der Waals surface area contributed by atoms with Gasteiger partial charge in [-0.15, -0.1) is 0 Å². The number of benzene rings is 1. The highest BCUT2D eigenvalue weighted by atomic mass is 16.6. The molecule has 2 aliphatic rings. The Hall–Kier alpha value is -2.25. The Labute approximate surface area is 139 Å². The maximum absolute atomic E-state index is 10.8. The summed E-state index contributed by atoms with van der Waals surface area (Å²) in [6, 6.07) is 6.86. The van der Waals surface area contributed by atoms with Crippen LogP contribution in [0.1, 0.15) is 29.8 Å². The Kier molecular flexibility index (Phi) is 3.82. The van der Waals surface area contributed by atoms with Gasteiger partial charge in [0, 0.05) is 50.6 Å². The molecule has 7 heteroatoms. The summed E-state index contributed by atoms with van der Waals surface area (Å²) in [7, 11) is 0. The summed E-state index contributed by atoms with van der Waals surface area (Å²) < 4.78 is 5.59. The van der Waals surface area contributed by atoms with E-state index in [4.69, 9.17) is 4.74 Å². The van der Waals surface area contributed by atoms with Gasteiger partial charge in [0.1, 0.15) is 0 Å². The van der Waals surface area contributed by atoms with Crippen molar-refractivity contribution in [2.24, 2.45) is 0 Å². The number of aromatic nitrogens is 2. The lowest BCUT2D eigenvalue weighted by Crippen LogP contribution is -2.53. The zero-order valence-corrected chi connectivity index (χ0v) is 13.4. The maximum atomic E-state index is 10.8. The van der Waals surface area contributed by atoms with Crippen LogP contribution < -0.4 is 0 Å². The Balaban J connectivity index is 1.63. The molecule has 0 unspecified atom stereocenters. The standard InChI is InChI=1S/C17H20N4O3/c22-21(23)14-3-1-13(2-4-14)11-20-8-5-15-16(19-12-18-15)17(20)6-9-24-10-7-17/h1-4,12H,5-11H2,(H,18,19). The van der Waals surface area contributed by atoms with Crippen molar-refractivity contribution in [1.29, 1.82) is 0 Å². The van der Waals surface area contributed by atoms with Gasteiger partial charge in [0.25, 0.3) is 5.69 Å². The molecule has 0 bridgehead atoms. The van der Waals surface area contributed by atoms with E-state index < -0.39 is 0 Å². The van der Waals surface area contributed by atoms with Crippen molar-refractivity contribution in [1.82, 2.24) is 14.9 Å². The molecule has 1 spiro atoms. The molecular formula is C17H20N4O3. The van der Waals surface area contributed by atoms with Gasteiger partial charge < -0.3 is 9.72 Å². The topological polar surface area (TPSA) is 84.3 Å². The van der Waals surface area contributed by atoms with Crippen LogP contribution >= 0.6 is 0 Å². The van der Waals surface area contributed by atoms with Crippen LogP contribution in [0.4, 0.5) is 5.69 Å². The molecule has 1 saturated heterocycles. The largest absolute Gasteiger partial charge is 0.381 e. The number of fused-ring (bicyclic) bond motifs is 2. The second-order valence-electron chi connectivity index (χ2n) is 6.47. The van der Waals surface area contributed by atoms with Gasteiger partial charge >= 0.3 is 0 Å². The zero-order valence-electron chi connectivity index (χ0n) is 13.4. The average Bonchev–Trinajstić information content (AvgIpc) is 3.09. The van der Waals surface area contributed by atoms with Gasteiger partial charge in [-0.3, -0.25) is 15.0 Å². The number of H-pyrrole nitrogens is 1. The Morgan fingerprint density at radius 2 is 2.04 bits per heavy atom. The monoisotopic (exact) mass is 328 g/mol. The van der Waals surface area contributed by atoms with E-state index in [0.29, 0.717) is 0 Å². The molecule has 0 amide bonds. The van der Waals surface area contributed by atoms with E-state index in [-0.39, 0.29) is 16.1 Å². The van der Waals surface area contributed by atoms with Gasteiger partial charge in [-0.2, -0.15) is 0 Å². The normalized spacial score (nSPS) is 20.0. The van der Waals surface area contributed by atoms with Crippen molar-refractivity contribution in [2.45, 2.75) is 31.3 Å². The highest BCUT2D eigenvalue weighted by Gasteiger charge is 2.45. The lowest BCUT2D eigenvalue weighted by molar-refractivity contribution is -0.384. The molecule has 0 aliphatic carbocycles. The smallest absolute Gasteiger partial charge is 0.269 e. The Bertz CT molecular complexity index is 735. The number of nitro groups is 1. The number of nitrogens with zero attached hydrogens (tertiary/aromatic N) is 3. The number of ether oxygens (including phenoxy) is 1. The van der Waals surface area contributed by atoms with Crippen molar-refractivity contribution in [3.63, 3.8) is 0 Å². The fourth-order valence-electron chi connectivity index (χ4n) is 3.96. The van der Waals surface area contributed by atoms with Crippen LogP contribution in [0.15, 0.2) is 30.6 Å². The number of hydrogen-bond acceptors (Lipinski definition) is 5. The van der Waals surface area contributed by atoms with E-state index in [1.165, 1.54) is 5.69 Å². The third-order valence-corrected chi connectivity index (χ3v) is 5.24. The van der Waals surface area contributed by atoms with Gasteiger partial charge in [-0.05, 0) is 18.4 Å². The number of imidazole rings is 1. The molecule has 7 nitrogen and oxygen atoms in total. The summed E-state index contributed by atoms with van der Waals surface area (Å²) in [5.41, 5.74) is 3.52. The summed E-state index contributed by atoms with van der Waals surface area (Å²) in [5.74, 6) is 0. The lowest BCUT2D eigenvalue weighted by Gasteiger charge is -2.48. The summed E-state index contributed by atoms with van der Waals surface area (Å²) in [5, 5.41) is 10.8. The number of non-ortho nitro benzene ring substituents is 1. The van der Waals surface area contributed by atoms with Gasteiger partial charge in [0.15, 0.2) is 0 Å². The molecule has 1 aromatic carbocycles. The van der Waals surface area contributed by atoms with E-state index in [1.54, 1.807) is 18.5 Å². The van der Waals surface area contributed by atoms with E-state index in [0.717, 1.165) is 56.8 Å². The molecule has 3 heterocycles. The lowest BCUT2D eigenvalue weighted by atomic mass is 9.80. The average molecular weight is 328 g/mol. The maximum Gasteiger partial charge on any atom is 0.269 e. The van der Waals surface area contributed by atoms with Gasteiger partial charge in [-0.1, -0.05) is 12.1 Å². The summed E-state index contributed by atoms with van der Waals surface area (Å²) in [6.45, 7) is 3.20. The van der Waals surface area contributed by atoms with Crippen LogP contribution in [-0.4, -0.2) is 39.5 Å². The van der Waals surface area contributed by atoms with Crippen LogP contribution in [0, 0.1) is 10.1 Å². The molecule has 24 heavy (non-hydrogen) atoms. The molecule has 0 atom stereocenters. The SMILES string of the molecule is O=[N+]([O-])c1ccc(CN2CCc3[nH]cnc3C23CCOCC3)cc1. The third kappa shape index (κ3) is 2.50. The van der Waals surface area contributed by atoms with E-state index in [2.05, 4.69) is 14.9 Å². The quantitative estimate of drug-likeness (QED) is 0.691. The molecule has 2 aromatic rings. The van der Waals surface area contributed by atoms with Crippen LogP contribution in [-0.2, 0) is 23.2 Å². The first-order chi connectivity index (χ1) is 11.7. The van der Waals surface area contributed by atoms with E-state index in [9.17, 15) is 10.1 Å². The van der Waals surface area contributed by atoms with Crippen molar-refractivity contribution < 1.29 is 9.66 Å². The van der Waals surface area contributed by atoms with E-state index >= 15 is 0 Å². The van der Waals surface area contributed by atoms with Gasteiger partial charge in [0.2, 0.25) is 0 Å². The molecule has 0 saturated carbocycles. The van der Waals surface area contributed by atoms with Gasteiger partial charge in [-0.25, -0.2) is 4.98 Å². The number of rotatable bonds is 3. The molecule has 1 aromatic heterocycles.